The minimum absolute atomic E-state index is 0.121. The number of hydrogen-bond donors (Lipinski definition) is 0. The number of hydrogen-bond acceptors (Lipinski definition) is 6. The summed E-state index contributed by atoms with van der Waals surface area (Å²) in [5.74, 6) is 0.102. The van der Waals surface area contributed by atoms with Crippen LogP contribution in [0.1, 0.15) is 51.0 Å². The van der Waals surface area contributed by atoms with Gasteiger partial charge in [-0.2, -0.15) is 0 Å². The van der Waals surface area contributed by atoms with Crippen LogP contribution < -0.4 is 0 Å². The van der Waals surface area contributed by atoms with Crippen LogP contribution in [0.5, 0.6) is 0 Å². The van der Waals surface area contributed by atoms with Gasteiger partial charge < -0.3 is 18.9 Å². The monoisotopic (exact) mass is 404 g/mol. The molecule has 2 fully saturated rings. The molecule has 6 heteroatoms. The van der Waals surface area contributed by atoms with Crippen molar-refractivity contribution >= 4 is 11.9 Å². The molecule has 6 nitrogen and oxygen atoms in total. The number of ether oxygens (including phenoxy) is 4. The van der Waals surface area contributed by atoms with E-state index in [2.05, 4.69) is 4.74 Å². The topological polar surface area (TPSA) is 71.1 Å². The van der Waals surface area contributed by atoms with Gasteiger partial charge in [0.05, 0.1) is 32.5 Å². The van der Waals surface area contributed by atoms with Crippen LogP contribution in [0.15, 0.2) is 30.3 Å². The van der Waals surface area contributed by atoms with Gasteiger partial charge in [-0.3, -0.25) is 9.59 Å². The summed E-state index contributed by atoms with van der Waals surface area (Å²) in [5, 5.41) is 0. The van der Waals surface area contributed by atoms with E-state index in [0.29, 0.717) is 25.6 Å². The van der Waals surface area contributed by atoms with Crippen molar-refractivity contribution in [3.8, 4) is 0 Å². The molecular formula is C23H32O6. The van der Waals surface area contributed by atoms with Crippen LogP contribution in [0.3, 0.4) is 0 Å². The number of unbranched alkanes of at least 4 members (excludes halogenated alkanes) is 1. The first-order chi connectivity index (χ1) is 14.1. The number of benzene rings is 1. The molecule has 160 valence electrons. The molecule has 1 saturated heterocycles. The largest absolute Gasteiger partial charge is 0.469 e. The van der Waals surface area contributed by atoms with E-state index in [1.54, 1.807) is 0 Å². The maximum atomic E-state index is 11.5. The molecule has 0 N–H and O–H groups in total. The van der Waals surface area contributed by atoms with Gasteiger partial charge in [0.15, 0.2) is 0 Å². The zero-order valence-electron chi connectivity index (χ0n) is 17.4. The van der Waals surface area contributed by atoms with Gasteiger partial charge in [0.25, 0.3) is 0 Å². The third-order valence-corrected chi connectivity index (χ3v) is 6.00. The van der Waals surface area contributed by atoms with Crippen LogP contribution in [-0.4, -0.2) is 44.0 Å². The van der Waals surface area contributed by atoms with Gasteiger partial charge in [0.1, 0.15) is 6.10 Å². The number of carbonyl (C=O) groups excluding carboxylic acids is 2. The van der Waals surface area contributed by atoms with Gasteiger partial charge in [-0.25, -0.2) is 0 Å². The third-order valence-electron chi connectivity index (χ3n) is 6.00. The average molecular weight is 405 g/mol. The van der Waals surface area contributed by atoms with Crippen LogP contribution >= 0.6 is 0 Å². The quantitative estimate of drug-likeness (QED) is 0.438. The van der Waals surface area contributed by atoms with Crippen LogP contribution in [0.2, 0.25) is 0 Å². The fourth-order valence-corrected chi connectivity index (χ4v) is 4.62. The van der Waals surface area contributed by atoms with E-state index >= 15 is 0 Å². The molecular weight excluding hydrogens is 372 g/mol. The summed E-state index contributed by atoms with van der Waals surface area (Å²) in [6.45, 7) is 2.58. The molecule has 1 aromatic carbocycles. The summed E-state index contributed by atoms with van der Waals surface area (Å²) in [6.07, 6.45) is 5.05. The standard InChI is InChI=1S/C23H32O6/c1-16(24)28-22-13-21-19(12-18(29-21)10-6-7-11-23(25)26-2)20(22)15-27-14-17-8-4-3-5-9-17/h3-5,8-9,18-22H,6-7,10-15H2,1-2H3/t18-,19+,20-,21-,22+/m0/s1. The predicted molar refractivity (Wildman–Crippen MR) is 107 cm³/mol. The summed E-state index contributed by atoms with van der Waals surface area (Å²) in [4.78, 5) is 22.8. The molecule has 1 saturated carbocycles. The highest BCUT2D eigenvalue weighted by Crippen LogP contribution is 2.45. The molecule has 0 unspecified atom stereocenters. The molecule has 0 aromatic heterocycles. The molecule has 0 radical (unpaired) electrons. The van der Waals surface area contributed by atoms with E-state index in [9.17, 15) is 9.59 Å². The average Bonchev–Trinajstić information content (AvgIpc) is 3.23. The minimum atomic E-state index is -0.248. The second-order valence-corrected chi connectivity index (χ2v) is 8.07. The molecule has 1 aromatic rings. The number of esters is 2. The predicted octanol–water partition coefficient (Wildman–Crippen LogP) is 3.66. The Kier molecular flexibility index (Phi) is 8.07. The highest BCUT2D eigenvalue weighted by molar-refractivity contribution is 5.69. The molecule has 0 spiro atoms. The lowest BCUT2D eigenvalue weighted by Gasteiger charge is -2.24. The number of fused-ring (bicyclic) bond motifs is 1. The molecule has 5 atom stereocenters. The molecule has 1 aliphatic heterocycles. The number of methoxy groups -OCH3 is 1. The van der Waals surface area contributed by atoms with E-state index in [-0.39, 0.29) is 36.2 Å². The van der Waals surface area contributed by atoms with Crippen LogP contribution in [-0.2, 0) is 35.1 Å². The lowest BCUT2D eigenvalue weighted by atomic mass is 9.90. The van der Waals surface area contributed by atoms with E-state index in [1.165, 1.54) is 14.0 Å². The van der Waals surface area contributed by atoms with E-state index in [4.69, 9.17) is 14.2 Å². The van der Waals surface area contributed by atoms with Gasteiger partial charge >= 0.3 is 11.9 Å². The summed E-state index contributed by atoms with van der Waals surface area (Å²) in [6, 6.07) is 10.1. The molecule has 0 bridgehead atoms. The molecule has 3 rings (SSSR count). The Balaban J connectivity index is 1.49. The Morgan fingerprint density at radius 1 is 1.14 bits per heavy atom. The van der Waals surface area contributed by atoms with E-state index < -0.39 is 0 Å². The first kappa shape index (κ1) is 21.8. The summed E-state index contributed by atoms with van der Waals surface area (Å²) < 4.78 is 22.5. The fourth-order valence-electron chi connectivity index (χ4n) is 4.62. The van der Waals surface area contributed by atoms with Crippen LogP contribution in [0.4, 0.5) is 0 Å². The van der Waals surface area contributed by atoms with Crippen molar-refractivity contribution in [2.45, 2.75) is 70.4 Å². The van der Waals surface area contributed by atoms with Crippen molar-refractivity contribution in [2.24, 2.45) is 11.8 Å². The second-order valence-electron chi connectivity index (χ2n) is 8.07. The van der Waals surface area contributed by atoms with Gasteiger partial charge in [-0.1, -0.05) is 36.8 Å². The van der Waals surface area contributed by atoms with Gasteiger partial charge in [-0.05, 0) is 30.7 Å². The molecule has 2 aliphatic rings. The minimum Gasteiger partial charge on any atom is -0.469 e. The van der Waals surface area contributed by atoms with E-state index in [1.807, 2.05) is 30.3 Å². The van der Waals surface area contributed by atoms with E-state index in [0.717, 1.165) is 37.7 Å². The zero-order chi connectivity index (χ0) is 20.6. The molecule has 0 amide bonds. The SMILES string of the molecule is COC(=O)CCCC[C@H]1C[C@@H]2[C@H](COCc3ccccc3)[C@H](OC(C)=O)C[C@@H]2O1. The number of carbonyl (C=O) groups is 2. The zero-order valence-corrected chi connectivity index (χ0v) is 17.4. The Morgan fingerprint density at radius 2 is 1.93 bits per heavy atom. The Bertz CT molecular complexity index is 661. The lowest BCUT2D eigenvalue weighted by Crippen LogP contribution is -2.29. The molecule has 1 aliphatic carbocycles. The summed E-state index contributed by atoms with van der Waals surface area (Å²) in [7, 11) is 1.42. The summed E-state index contributed by atoms with van der Waals surface area (Å²) in [5.41, 5.74) is 1.14. The Labute approximate surface area is 172 Å². The lowest BCUT2D eigenvalue weighted by molar-refractivity contribution is -0.150. The first-order valence-electron chi connectivity index (χ1n) is 10.6. The van der Waals surface area contributed by atoms with Crippen molar-refractivity contribution in [1.29, 1.82) is 0 Å². The van der Waals surface area contributed by atoms with Crippen LogP contribution in [0, 0.1) is 11.8 Å². The first-order valence-corrected chi connectivity index (χ1v) is 10.6. The van der Waals surface area contributed by atoms with Crippen molar-refractivity contribution in [3.63, 3.8) is 0 Å². The summed E-state index contributed by atoms with van der Waals surface area (Å²) >= 11 is 0. The van der Waals surface area contributed by atoms with Crippen molar-refractivity contribution in [3.05, 3.63) is 35.9 Å². The Hall–Kier alpha value is -1.92. The normalized spacial score (nSPS) is 28.1. The van der Waals surface area contributed by atoms with Gasteiger partial charge in [0, 0.05) is 25.7 Å². The molecule has 1 heterocycles. The van der Waals surface area contributed by atoms with Gasteiger partial charge in [-0.15, -0.1) is 0 Å². The van der Waals surface area contributed by atoms with Crippen molar-refractivity contribution in [2.75, 3.05) is 13.7 Å². The maximum absolute atomic E-state index is 11.5. The second kappa shape index (κ2) is 10.7. The fraction of sp³-hybridized carbons (Fsp3) is 0.652. The number of rotatable bonds is 10. The third kappa shape index (κ3) is 6.28. The Morgan fingerprint density at radius 3 is 2.66 bits per heavy atom. The van der Waals surface area contributed by atoms with Crippen molar-refractivity contribution in [1.82, 2.24) is 0 Å². The van der Waals surface area contributed by atoms with Crippen LogP contribution in [0.25, 0.3) is 0 Å². The van der Waals surface area contributed by atoms with Gasteiger partial charge in [0.2, 0.25) is 0 Å². The smallest absolute Gasteiger partial charge is 0.305 e. The maximum Gasteiger partial charge on any atom is 0.305 e. The highest BCUT2D eigenvalue weighted by atomic mass is 16.6. The highest BCUT2D eigenvalue weighted by Gasteiger charge is 2.50. The van der Waals surface area contributed by atoms with Crippen molar-refractivity contribution < 1.29 is 28.5 Å². The molecule has 29 heavy (non-hydrogen) atoms.